The molecule has 2 N–H and O–H groups in total. The largest absolute Gasteiger partial charge is 0.481 e. The van der Waals surface area contributed by atoms with Gasteiger partial charge < -0.3 is 15.2 Å². The second-order valence-electron chi connectivity index (χ2n) is 2.93. The van der Waals surface area contributed by atoms with Crippen molar-refractivity contribution in [1.82, 2.24) is 5.32 Å². The molecule has 0 aromatic heterocycles. The van der Waals surface area contributed by atoms with E-state index in [2.05, 4.69) is 19.2 Å². The van der Waals surface area contributed by atoms with Crippen LogP contribution in [-0.2, 0) is 9.53 Å². The second-order valence-corrected chi connectivity index (χ2v) is 2.93. The summed E-state index contributed by atoms with van der Waals surface area (Å²) in [5.74, 6) is -0.833. The highest BCUT2D eigenvalue weighted by Crippen LogP contribution is 2.00. The Morgan fingerprint density at radius 1 is 1.42 bits per heavy atom. The Morgan fingerprint density at radius 3 is 1.92 bits per heavy atom. The maximum Gasteiger partial charge on any atom is 0.300 e. The van der Waals surface area contributed by atoms with Crippen LogP contribution < -0.4 is 5.32 Å². The number of hydrogen-bond donors (Lipinski definition) is 2. The van der Waals surface area contributed by atoms with E-state index in [1.54, 1.807) is 0 Å². The van der Waals surface area contributed by atoms with Gasteiger partial charge in [-0.15, -0.1) is 0 Å². The van der Waals surface area contributed by atoms with E-state index >= 15 is 0 Å². The van der Waals surface area contributed by atoms with Gasteiger partial charge in [0.05, 0.1) is 12.2 Å². The number of ether oxygens (including phenoxy) is 1. The number of rotatable bonds is 0. The van der Waals surface area contributed by atoms with Crippen molar-refractivity contribution in [2.45, 2.75) is 33.0 Å². The average molecular weight is 175 g/mol. The van der Waals surface area contributed by atoms with Gasteiger partial charge in [0.1, 0.15) is 0 Å². The molecule has 1 saturated heterocycles. The quantitative estimate of drug-likeness (QED) is 0.562. The third kappa shape index (κ3) is 7.50. The molecule has 0 aromatic carbocycles. The normalized spacial score (nSPS) is 28.6. The monoisotopic (exact) mass is 175 g/mol. The van der Waals surface area contributed by atoms with Gasteiger partial charge in [0, 0.05) is 20.0 Å². The molecule has 4 nitrogen and oxygen atoms in total. The third-order valence-corrected chi connectivity index (χ3v) is 1.33. The smallest absolute Gasteiger partial charge is 0.300 e. The van der Waals surface area contributed by atoms with Crippen molar-refractivity contribution in [3.63, 3.8) is 0 Å². The molecular formula is C8H17NO3. The topological polar surface area (TPSA) is 58.6 Å². The van der Waals surface area contributed by atoms with E-state index in [1.165, 1.54) is 0 Å². The first kappa shape index (κ1) is 11.4. The fraction of sp³-hybridized carbons (Fsp3) is 0.875. The lowest BCUT2D eigenvalue weighted by Gasteiger charge is -2.25. The zero-order valence-electron chi connectivity index (χ0n) is 7.83. The summed E-state index contributed by atoms with van der Waals surface area (Å²) in [4.78, 5) is 9.00. The number of nitrogens with one attached hydrogen (secondary N) is 1. The van der Waals surface area contributed by atoms with Crippen molar-refractivity contribution in [3.05, 3.63) is 0 Å². The fourth-order valence-corrected chi connectivity index (χ4v) is 0.983. The molecule has 1 aliphatic rings. The number of carbonyl (C=O) groups is 1. The van der Waals surface area contributed by atoms with Crippen LogP contribution in [-0.4, -0.2) is 36.4 Å². The number of morpholine rings is 1. The Labute approximate surface area is 72.9 Å². The van der Waals surface area contributed by atoms with Crippen molar-refractivity contribution in [1.29, 1.82) is 0 Å². The Kier molecular flexibility index (Phi) is 5.66. The molecule has 0 saturated carbocycles. The maximum atomic E-state index is 9.00. The Bertz CT molecular complexity index is 126. The molecule has 72 valence electrons. The minimum absolute atomic E-state index is 0.402. The summed E-state index contributed by atoms with van der Waals surface area (Å²) in [6.07, 6.45) is 0.803. The first-order chi connectivity index (χ1) is 5.52. The molecule has 12 heavy (non-hydrogen) atoms. The molecule has 4 heteroatoms. The molecule has 0 spiro atoms. The lowest BCUT2D eigenvalue weighted by molar-refractivity contribution is -0.134. The molecule has 1 fully saturated rings. The molecule has 1 heterocycles. The van der Waals surface area contributed by atoms with E-state index in [-0.39, 0.29) is 0 Å². The minimum atomic E-state index is -0.833. The molecule has 0 aliphatic carbocycles. The Balaban J connectivity index is 0.000000261. The van der Waals surface area contributed by atoms with Crippen LogP contribution in [0.5, 0.6) is 0 Å². The van der Waals surface area contributed by atoms with Crippen LogP contribution in [0.3, 0.4) is 0 Å². The predicted octanol–water partition coefficient (Wildman–Crippen LogP) is 0.474. The van der Waals surface area contributed by atoms with Crippen LogP contribution >= 0.6 is 0 Å². The van der Waals surface area contributed by atoms with E-state index in [1.807, 2.05) is 0 Å². The average Bonchev–Trinajstić information content (AvgIpc) is 1.84. The van der Waals surface area contributed by atoms with Crippen molar-refractivity contribution in [2.75, 3.05) is 13.1 Å². The van der Waals surface area contributed by atoms with Gasteiger partial charge in [-0.2, -0.15) is 0 Å². The molecule has 0 radical (unpaired) electrons. The highest BCUT2D eigenvalue weighted by Gasteiger charge is 2.12. The van der Waals surface area contributed by atoms with E-state index in [0.29, 0.717) is 12.2 Å². The van der Waals surface area contributed by atoms with Crippen molar-refractivity contribution >= 4 is 5.97 Å². The minimum Gasteiger partial charge on any atom is -0.481 e. The van der Waals surface area contributed by atoms with Gasteiger partial charge in [-0.3, -0.25) is 4.79 Å². The number of hydrogen-bond acceptors (Lipinski definition) is 3. The standard InChI is InChI=1S/C6H13NO.C2H4O2/c1-5-3-7-4-6(2)8-5;1-2(3)4/h5-7H,3-4H2,1-2H3;1H3,(H,3,4)/t5-,6-;/m0./s1. The summed E-state index contributed by atoms with van der Waals surface area (Å²) in [5, 5.41) is 10.7. The number of aliphatic carboxylic acids is 1. The van der Waals surface area contributed by atoms with Gasteiger partial charge in [-0.05, 0) is 13.8 Å². The Morgan fingerprint density at radius 2 is 1.75 bits per heavy atom. The molecule has 0 bridgehead atoms. The lowest BCUT2D eigenvalue weighted by atomic mass is 10.3. The highest BCUT2D eigenvalue weighted by atomic mass is 16.5. The molecule has 2 atom stereocenters. The van der Waals surface area contributed by atoms with E-state index in [0.717, 1.165) is 20.0 Å². The van der Waals surface area contributed by atoms with Crippen LogP contribution in [0, 0.1) is 0 Å². The molecule has 0 unspecified atom stereocenters. The van der Waals surface area contributed by atoms with Gasteiger partial charge in [0.15, 0.2) is 0 Å². The summed E-state index contributed by atoms with van der Waals surface area (Å²) in [5.41, 5.74) is 0. The van der Waals surface area contributed by atoms with Crippen LogP contribution in [0.4, 0.5) is 0 Å². The maximum absolute atomic E-state index is 9.00. The summed E-state index contributed by atoms with van der Waals surface area (Å²) in [6.45, 7) is 7.26. The van der Waals surface area contributed by atoms with Crippen molar-refractivity contribution < 1.29 is 14.6 Å². The second kappa shape index (κ2) is 5.97. The van der Waals surface area contributed by atoms with Crippen LogP contribution in [0.25, 0.3) is 0 Å². The van der Waals surface area contributed by atoms with Crippen LogP contribution in [0.2, 0.25) is 0 Å². The van der Waals surface area contributed by atoms with Gasteiger partial charge in [0.2, 0.25) is 0 Å². The fourth-order valence-electron chi connectivity index (χ4n) is 0.983. The van der Waals surface area contributed by atoms with E-state index < -0.39 is 5.97 Å². The van der Waals surface area contributed by atoms with Crippen LogP contribution in [0.15, 0.2) is 0 Å². The molecule has 1 rings (SSSR count). The first-order valence-electron chi connectivity index (χ1n) is 4.08. The third-order valence-electron chi connectivity index (χ3n) is 1.33. The van der Waals surface area contributed by atoms with Gasteiger partial charge in [-0.25, -0.2) is 0 Å². The first-order valence-corrected chi connectivity index (χ1v) is 4.08. The molecular weight excluding hydrogens is 158 g/mol. The molecule has 0 aromatic rings. The molecule has 0 amide bonds. The summed E-state index contributed by atoms with van der Waals surface area (Å²) in [7, 11) is 0. The SMILES string of the molecule is CC(=O)O.C[C@H]1CNC[C@H](C)O1. The predicted molar refractivity (Wildman–Crippen MR) is 46.2 cm³/mol. The highest BCUT2D eigenvalue weighted by molar-refractivity contribution is 5.62. The van der Waals surface area contributed by atoms with E-state index in [4.69, 9.17) is 14.6 Å². The van der Waals surface area contributed by atoms with Crippen LogP contribution in [0.1, 0.15) is 20.8 Å². The van der Waals surface area contributed by atoms with Crippen molar-refractivity contribution in [3.8, 4) is 0 Å². The summed E-state index contributed by atoms with van der Waals surface area (Å²) in [6, 6.07) is 0. The number of carboxylic acids is 1. The van der Waals surface area contributed by atoms with Crippen molar-refractivity contribution in [2.24, 2.45) is 0 Å². The molecule has 1 aliphatic heterocycles. The summed E-state index contributed by atoms with van der Waals surface area (Å²) < 4.78 is 5.42. The zero-order valence-corrected chi connectivity index (χ0v) is 7.83. The summed E-state index contributed by atoms with van der Waals surface area (Å²) >= 11 is 0. The van der Waals surface area contributed by atoms with E-state index in [9.17, 15) is 0 Å². The number of carboxylic acid groups (broad SMARTS) is 1. The van der Waals surface area contributed by atoms with Gasteiger partial charge in [0.25, 0.3) is 5.97 Å². The lowest BCUT2D eigenvalue weighted by Crippen LogP contribution is -2.41. The Hall–Kier alpha value is -0.610. The van der Waals surface area contributed by atoms with Gasteiger partial charge >= 0.3 is 0 Å². The van der Waals surface area contributed by atoms with Gasteiger partial charge in [-0.1, -0.05) is 0 Å². The zero-order chi connectivity index (χ0) is 9.56.